The molecule has 0 amide bonds. The van der Waals surface area contributed by atoms with Gasteiger partial charge in [0.1, 0.15) is 5.54 Å². The lowest BCUT2D eigenvalue weighted by Gasteiger charge is -2.21. The van der Waals surface area contributed by atoms with E-state index in [-0.39, 0.29) is 11.6 Å². The summed E-state index contributed by atoms with van der Waals surface area (Å²) in [7, 11) is 0. The smallest absolute Gasteiger partial charge is 0.210 e. The van der Waals surface area contributed by atoms with Crippen molar-refractivity contribution in [2.75, 3.05) is 12.3 Å². The molecule has 1 unspecified atom stereocenters. The number of carbonyl (C=O) groups is 1. The molecule has 2 nitrogen and oxygen atoms in total. The van der Waals surface area contributed by atoms with Gasteiger partial charge in [-0.2, -0.15) is 0 Å². The predicted molar refractivity (Wildman–Crippen MR) is 97.6 cm³/mol. The quantitative estimate of drug-likeness (QED) is 0.738. The molecule has 0 aliphatic carbocycles. The molecule has 1 heterocycles. The van der Waals surface area contributed by atoms with E-state index in [4.69, 9.17) is 0 Å². The van der Waals surface area contributed by atoms with Crippen LogP contribution in [0.2, 0.25) is 0 Å². The molecule has 0 aromatic heterocycles. The average molecular weight is 325 g/mol. The number of rotatable bonds is 6. The summed E-state index contributed by atoms with van der Waals surface area (Å²) in [6, 6.07) is 21.1. The van der Waals surface area contributed by atoms with Crippen molar-refractivity contribution in [2.24, 2.45) is 0 Å². The molecule has 1 aliphatic heterocycles. The largest absolute Gasteiger partial charge is 0.285 e. The number of hydrogen-bond acceptors (Lipinski definition) is 3. The fourth-order valence-corrected chi connectivity index (χ4v) is 4.06. The Morgan fingerprint density at radius 2 is 1.74 bits per heavy atom. The third kappa shape index (κ3) is 3.36. The van der Waals surface area contributed by atoms with Gasteiger partial charge in [0.15, 0.2) is 0 Å². The summed E-state index contributed by atoms with van der Waals surface area (Å²) >= 11 is 1.46. The monoisotopic (exact) mass is 325 g/mol. The number of thioether (sulfide) groups is 1. The van der Waals surface area contributed by atoms with E-state index in [0.29, 0.717) is 5.12 Å². The lowest BCUT2D eigenvalue weighted by atomic mass is 9.99. The summed E-state index contributed by atoms with van der Waals surface area (Å²) in [5, 5.41) is 0.312. The molecule has 0 radical (unpaired) electrons. The maximum atomic E-state index is 12.8. The molecule has 2 aromatic rings. The van der Waals surface area contributed by atoms with Gasteiger partial charge in [-0.15, -0.1) is 0 Å². The van der Waals surface area contributed by atoms with Crippen molar-refractivity contribution >= 4 is 16.9 Å². The average Bonchev–Trinajstić information content (AvgIpc) is 3.31. The molecule has 0 spiro atoms. The third-order valence-corrected chi connectivity index (χ3v) is 5.55. The molecular formula is C20H23NOS. The van der Waals surface area contributed by atoms with Gasteiger partial charge in [-0.25, -0.2) is 0 Å². The van der Waals surface area contributed by atoms with Gasteiger partial charge in [-0.1, -0.05) is 79.3 Å². The summed E-state index contributed by atoms with van der Waals surface area (Å²) in [5.41, 5.74) is 2.18. The second kappa shape index (κ2) is 6.90. The summed E-state index contributed by atoms with van der Waals surface area (Å²) < 4.78 is 0. The first-order chi connectivity index (χ1) is 11.2. The first-order valence-electron chi connectivity index (χ1n) is 8.20. The third-order valence-electron chi connectivity index (χ3n) is 4.62. The molecule has 3 rings (SSSR count). The SMILES string of the molecule is CCSC(=O)[C@]1(Cc2ccccc2)CN1[C@@H](C)c1ccccc1. The molecule has 2 aromatic carbocycles. The molecule has 120 valence electrons. The van der Waals surface area contributed by atoms with Crippen LogP contribution in [0.4, 0.5) is 0 Å². The van der Waals surface area contributed by atoms with Crippen LogP contribution >= 0.6 is 11.8 Å². The Morgan fingerprint density at radius 3 is 2.35 bits per heavy atom. The minimum atomic E-state index is -0.336. The Bertz CT molecular complexity index is 658. The Labute approximate surface area is 142 Å². The van der Waals surface area contributed by atoms with Crippen molar-refractivity contribution in [1.29, 1.82) is 0 Å². The normalized spacial score (nSPS) is 24.2. The lowest BCUT2D eigenvalue weighted by molar-refractivity contribution is -0.114. The minimum Gasteiger partial charge on any atom is -0.285 e. The van der Waals surface area contributed by atoms with E-state index in [0.717, 1.165) is 18.7 Å². The Balaban J connectivity index is 1.83. The zero-order chi connectivity index (χ0) is 16.3. The summed E-state index contributed by atoms with van der Waals surface area (Å²) in [4.78, 5) is 15.1. The zero-order valence-electron chi connectivity index (χ0n) is 13.7. The highest BCUT2D eigenvalue weighted by Crippen LogP contribution is 2.46. The first-order valence-corrected chi connectivity index (χ1v) is 9.19. The van der Waals surface area contributed by atoms with Crippen molar-refractivity contribution in [3.8, 4) is 0 Å². The van der Waals surface area contributed by atoms with E-state index < -0.39 is 0 Å². The minimum absolute atomic E-state index is 0.265. The molecule has 1 aliphatic rings. The lowest BCUT2D eigenvalue weighted by Crippen LogP contribution is -2.31. The summed E-state index contributed by atoms with van der Waals surface area (Å²) in [5.74, 6) is 0.836. The Hall–Kier alpha value is -1.58. The van der Waals surface area contributed by atoms with Crippen molar-refractivity contribution in [3.63, 3.8) is 0 Å². The molecule has 0 N–H and O–H groups in total. The highest BCUT2D eigenvalue weighted by molar-refractivity contribution is 8.13. The summed E-state index contributed by atoms with van der Waals surface area (Å²) in [6.45, 7) is 5.10. The summed E-state index contributed by atoms with van der Waals surface area (Å²) in [6.07, 6.45) is 0.802. The Morgan fingerprint density at radius 1 is 1.13 bits per heavy atom. The van der Waals surface area contributed by atoms with Crippen LogP contribution in [0.25, 0.3) is 0 Å². The second-order valence-corrected chi connectivity index (χ2v) is 7.37. The van der Waals surface area contributed by atoms with Gasteiger partial charge >= 0.3 is 0 Å². The first kappa shape index (κ1) is 16.3. The number of hydrogen-bond donors (Lipinski definition) is 0. The van der Waals surface area contributed by atoms with Crippen LogP contribution in [0.15, 0.2) is 60.7 Å². The van der Waals surface area contributed by atoms with E-state index in [1.54, 1.807) is 0 Å². The molecule has 3 atom stereocenters. The van der Waals surface area contributed by atoms with Gasteiger partial charge in [-0.3, -0.25) is 9.69 Å². The van der Waals surface area contributed by atoms with Crippen LogP contribution in [0, 0.1) is 0 Å². The van der Waals surface area contributed by atoms with E-state index in [1.807, 2.05) is 31.2 Å². The second-order valence-electron chi connectivity index (χ2n) is 6.13. The maximum Gasteiger partial charge on any atom is 0.210 e. The number of nitrogens with zero attached hydrogens (tertiary/aromatic N) is 1. The fourth-order valence-electron chi connectivity index (χ4n) is 3.28. The molecule has 3 heteroatoms. The predicted octanol–water partition coefficient (Wildman–Crippen LogP) is 4.32. The zero-order valence-corrected chi connectivity index (χ0v) is 14.6. The van der Waals surface area contributed by atoms with Gasteiger partial charge in [0, 0.05) is 19.0 Å². The highest BCUT2D eigenvalue weighted by atomic mass is 32.2. The van der Waals surface area contributed by atoms with Crippen LogP contribution in [0.1, 0.15) is 31.0 Å². The van der Waals surface area contributed by atoms with Crippen LogP contribution in [-0.4, -0.2) is 27.9 Å². The molecule has 1 saturated heterocycles. The molecule has 0 saturated carbocycles. The van der Waals surface area contributed by atoms with Crippen LogP contribution < -0.4 is 0 Å². The van der Waals surface area contributed by atoms with Gasteiger partial charge < -0.3 is 0 Å². The van der Waals surface area contributed by atoms with Crippen molar-refractivity contribution in [1.82, 2.24) is 4.90 Å². The number of carbonyl (C=O) groups excluding carboxylic acids is 1. The van der Waals surface area contributed by atoms with Crippen LogP contribution in [0.5, 0.6) is 0 Å². The van der Waals surface area contributed by atoms with Gasteiger partial charge in [-0.05, 0) is 23.8 Å². The fraction of sp³-hybridized carbons (Fsp3) is 0.350. The van der Waals surface area contributed by atoms with Crippen molar-refractivity contribution in [3.05, 3.63) is 71.8 Å². The maximum absolute atomic E-state index is 12.8. The van der Waals surface area contributed by atoms with E-state index in [9.17, 15) is 4.79 Å². The van der Waals surface area contributed by atoms with Gasteiger partial charge in [0.2, 0.25) is 5.12 Å². The van der Waals surface area contributed by atoms with E-state index >= 15 is 0 Å². The molecule has 23 heavy (non-hydrogen) atoms. The van der Waals surface area contributed by atoms with Crippen LogP contribution in [0.3, 0.4) is 0 Å². The van der Waals surface area contributed by atoms with Crippen molar-refractivity contribution < 1.29 is 4.79 Å². The van der Waals surface area contributed by atoms with Crippen LogP contribution in [-0.2, 0) is 11.2 Å². The van der Waals surface area contributed by atoms with Gasteiger partial charge in [0.25, 0.3) is 0 Å². The van der Waals surface area contributed by atoms with E-state index in [1.165, 1.54) is 22.9 Å². The highest BCUT2D eigenvalue weighted by Gasteiger charge is 2.59. The standard InChI is InChI=1S/C20H23NOS/c1-3-23-19(22)20(14-17-10-6-4-7-11-17)15-21(20)16(2)18-12-8-5-9-13-18/h4-13,16H,3,14-15H2,1-2H3/t16-,20-,21?/m0/s1. The molecular weight excluding hydrogens is 302 g/mol. The molecule has 0 bridgehead atoms. The van der Waals surface area contributed by atoms with Gasteiger partial charge in [0.05, 0.1) is 0 Å². The number of benzene rings is 2. The van der Waals surface area contributed by atoms with Crippen molar-refractivity contribution in [2.45, 2.75) is 31.8 Å². The Kier molecular flexibility index (Phi) is 4.88. The van der Waals surface area contributed by atoms with E-state index in [2.05, 4.69) is 48.2 Å². The topological polar surface area (TPSA) is 20.1 Å². The molecule has 1 fully saturated rings.